The van der Waals surface area contributed by atoms with Crippen LogP contribution in [0, 0.1) is 5.92 Å². The van der Waals surface area contributed by atoms with Crippen LogP contribution in [0.4, 0.5) is 0 Å². The number of aromatic nitrogens is 1. The monoisotopic (exact) mass is 344 g/mol. The summed E-state index contributed by atoms with van der Waals surface area (Å²) in [6, 6.07) is 4.13. The molecule has 2 aliphatic rings. The van der Waals surface area contributed by atoms with Crippen molar-refractivity contribution in [1.82, 2.24) is 9.88 Å². The van der Waals surface area contributed by atoms with Crippen LogP contribution in [0.3, 0.4) is 0 Å². The molecule has 5 heteroatoms. The maximum Gasteiger partial charge on any atom is 0.223 e. The Balaban J connectivity index is 1.30. The van der Waals surface area contributed by atoms with Crippen molar-refractivity contribution in [3.05, 3.63) is 40.2 Å². The Bertz CT molecular complexity index is 694. The predicted octanol–water partition coefficient (Wildman–Crippen LogP) is 4.20. The van der Waals surface area contributed by atoms with E-state index in [0.717, 1.165) is 43.4 Å². The van der Waals surface area contributed by atoms with Crippen molar-refractivity contribution in [2.45, 2.75) is 50.9 Å². The molecule has 2 aromatic rings. The van der Waals surface area contributed by atoms with Crippen LogP contribution in [-0.2, 0) is 11.2 Å². The molecule has 0 aromatic carbocycles. The first-order valence-electron chi connectivity index (χ1n) is 8.96. The predicted molar refractivity (Wildman–Crippen MR) is 94.2 cm³/mol. The SMILES string of the molecule is C[C@@H]1C[C@@H]1c1ccc(CCC(=O)N2CCC[C@H](c3nccs3)C2)o1. The number of carbonyl (C=O) groups excluding carboxylic acids is 1. The molecule has 0 N–H and O–H groups in total. The molecular formula is C19H24N2O2S. The quantitative estimate of drug-likeness (QED) is 0.817. The number of piperidine rings is 1. The topological polar surface area (TPSA) is 46.3 Å². The molecule has 3 heterocycles. The molecule has 4 nitrogen and oxygen atoms in total. The lowest BCUT2D eigenvalue weighted by atomic mass is 9.98. The van der Waals surface area contributed by atoms with Gasteiger partial charge in [-0.2, -0.15) is 0 Å². The molecule has 24 heavy (non-hydrogen) atoms. The number of rotatable bonds is 5. The average molecular weight is 344 g/mol. The second kappa shape index (κ2) is 6.71. The molecule has 0 unspecified atom stereocenters. The van der Waals surface area contributed by atoms with Crippen LogP contribution in [0.25, 0.3) is 0 Å². The van der Waals surface area contributed by atoms with Gasteiger partial charge in [0.1, 0.15) is 11.5 Å². The molecule has 2 fully saturated rings. The highest BCUT2D eigenvalue weighted by atomic mass is 32.1. The molecule has 0 bridgehead atoms. The zero-order valence-electron chi connectivity index (χ0n) is 14.1. The van der Waals surface area contributed by atoms with E-state index < -0.39 is 0 Å². The van der Waals surface area contributed by atoms with Crippen LogP contribution in [0.5, 0.6) is 0 Å². The largest absolute Gasteiger partial charge is 0.466 e. The van der Waals surface area contributed by atoms with Crippen molar-refractivity contribution in [2.75, 3.05) is 13.1 Å². The fraction of sp³-hybridized carbons (Fsp3) is 0.579. The van der Waals surface area contributed by atoms with E-state index >= 15 is 0 Å². The van der Waals surface area contributed by atoms with Crippen molar-refractivity contribution >= 4 is 17.2 Å². The van der Waals surface area contributed by atoms with E-state index in [0.29, 0.717) is 24.7 Å². The zero-order chi connectivity index (χ0) is 16.5. The van der Waals surface area contributed by atoms with Crippen molar-refractivity contribution in [3.63, 3.8) is 0 Å². The van der Waals surface area contributed by atoms with Crippen molar-refractivity contribution in [3.8, 4) is 0 Å². The van der Waals surface area contributed by atoms with Gasteiger partial charge in [0.2, 0.25) is 5.91 Å². The fourth-order valence-electron chi connectivity index (χ4n) is 3.68. The van der Waals surface area contributed by atoms with E-state index in [1.165, 1.54) is 11.4 Å². The van der Waals surface area contributed by atoms with Crippen LogP contribution < -0.4 is 0 Å². The first kappa shape index (κ1) is 15.9. The number of carbonyl (C=O) groups is 1. The lowest BCUT2D eigenvalue weighted by Crippen LogP contribution is -2.39. The Kier molecular flexibility index (Phi) is 4.44. The molecule has 1 amide bonds. The molecule has 4 rings (SSSR count). The molecule has 0 radical (unpaired) electrons. The molecule has 1 saturated heterocycles. The van der Waals surface area contributed by atoms with Crippen LogP contribution in [-0.4, -0.2) is 28.9 Å². The summed E-state index contributed by atoms with van der Waals surface area (Å²) in [7, 11) is 0. The van der Waals surface area contributed by atoms with Gasteiger partial charge in [0.05, 0.1) is 5.01 Å². The van der Waals surface area contributed by atoms with E-state index in [1.54, 1.807) is 11.3 Å². The first-order chi connectivity index (χ1) is 11.7. The summed E-state index contributed by atoms with van der Waals surface area (Å²) in [6.45, 7) is 3.95. The van der Waals surface area contributed by atoms with Gasteiger partial charge in [-0.15, -0.1) is 11.3 Å². The summed E-state index contributed by atoms with van der Waals surface area (Å²) >= 11 is 1.70. The van der Waals surface area contributed by atoms with Gasteiger partial charge in [-0.25, -0.2) is 4.98 Å². The van der Waals surface area contributed by atoms with Crippen molar-refractivity contribution in [1.29, 1.82) is 0 Å². The van der Waals surface area contributed by atoms with Gasteiger partial charge < -0.3 is 9.32 Å². The molecule has 1 saturated carbocycles. The molecule has 3 atom stereocenters. The van der Waals surface area contributed by atoms with Crippen LogP contribution in [0.1, 0.15) is 61.0 Å². The maximum absolute atomic E-state index is 12.6. The minimum atomic E-state index is 0.244. The molecule has 0 spiro atoms. The number of hydrogen-bond acceptors (Lipinski definition) is 4. The van der Waals surface area contributed by atoms with Gasteiger partial charge in [-0.05, 0) is 37.3 Å². The Morgan fingerprint density at radius 1 is 1.46 bits per heavy atom. The Labute approximate surface area is 146 Å². The highest BCUT2D eigenvalue weighted by Gasteiger charge is 2.36. The van der Waals surface area contributed by atoms with Gasteiger partial charge >= 0.3 is 0 Å². The zero-order valence-corrected chi connectivity index (χ0v) is 14.9. The average Bonchev–Trinajstić information content (AvgIpc) is 3.04. The summed E-state index contributed by atoms with van der Waals surface area (Å²) in [5.74, 6) is 4.07. The molecule has 128 valence electrons. The number of furan rings is 1. The second-order valence-corrected chi connectivity index (χ2v) is 8.10. The molecular weight excluding hydrogens is 320 g/mol. The molecule has 2 aromatic heterocycles. The van der Waals surface area contributed by atoms with Crippen molar-refractivity contribution < 1.29 is 9.21 Å². The third kappa shape index (κ3) is 3.41. The summed E-state index contributed by atoms with van der Waals surface area (Å²) in [4.78, 5) is 19.0. The van der Waals surface area contributed by atoms with Gasteiger partial charge in [-0.1, -0.05) is 6.92 Å². The minimum absolute atomic E-state index is 0.244. The summed E-state index contributed by atoms with van der Waals surface area (Å²) in [5, 5.41) is 3.19. The maximum atomic E-state index is 12.6. The van der Waals surface area contributed by atoms with E-state index in [4.69, 9.17) is 4.42 Å². The Morgan fingerprint density at radius 3 is 3.08 bits per heavy atom. The third-order valence-corrected chi connectivity index (χ3v) is 6.26. The fourth-order valence-corrected chi connectivity index (χ4v) is 4.44. The highest BCUT2D eigenvalue weighted by Crippen LogP contribution is 2.47. The Hall–Kier alpha value is -1.62. The number of likely N-dealkylation sites (tertiary alicyclic amines) is 1. The summed E-state index contributed by atoms with van der Waals surface area (Å²) in [6.07, 6.45) is 6.54. The van der Waals surface area contributed by atoms with Gasteiger partial charge in [0.25, 0.3) is 0 Å². The van der Waals surface area contributed by atoms with Gasteiger partial charge in [0, 0.05) is 49.3 Å². The van der Waals surface area contributed by atoms with E-state index in [2.05, 4.69) is 18.0 Å². The van der Waals surface area contributed by atoms with E-state index in [1.807, 2.05) is 22.5 Å². The number of nitrogens with zero attached hydrogens (tertiary/aromatic N) is 2. The molecule has 1 aliphatic heterocycles. The van der Waals surface area contributed by atoms with E-state index in [-0.39, 0.29) is 5.91 Å². The van der Waals surface area contributed by atoms with Crippen LogP contribution >= 0.6 is 11.3 Å². The minimum Gasteiger partial charge on any atom is -0.466 e. The number of aryl methyl sites for hydroxylation is 1. The Morgan fingerprint density at radius 2 is 2.33 bits per heavy atom. The lowest BCUT2D eigenvalue weighted by molar-refractivity contribution is -0.132. The van der Waals surface area contributed by atoms with Crippen LogP contribution in [0.15, 0.2) is 28.1 Å². The number of thiazole rings is 1. The van der Waals surface area contributed by atoms with Crippen LogP contribution in [0.2, 0.25) is 0 Å². The summed E-state index contributed by atoms with van der Waals surface area (Å²) in [5.41, 5.74) is 0. The number of amides is 1. The standard InChI is InChI=1S/C19H24N2O2S/c1-13-11-16(13)17-6-4-15(23-17)5-7-18(22)21-9-2-3-14(12-21)19-20-8-10-24-19/h4,6,8,10,13-14,16H,2-3,5,7,9,11-12H2,1H3/t13-,14+,16+/m1/s1. The van der Waals surface area contributed by atoms with Crippen molar-refractivity contribution in [2.24, 2.45) is 5.92 Å². The number of hydrogen-bond donors (Lipinski definition) is 0. The molecule has 1 aliphatic carbocycles. The summed E-state index contributed by atoms with van der Waals surface area (Å²) < 4.78 is 5.92. The second-order valence-electron chi connectivity index (χ2n) is 7.17. The van der Waals surface area contributed by atoms with Gasteiger partial charge in [0.15, 0.2) is 0 Å². The smallest absolute Gasteiger partial charge is 0.223 e. The first-order valence-corrected chi connectivity index (χ1v) is 9.84. The highest BCUT2D eigenvalue weighted by molar-refractivity contribution is 7.09. The third-order valence-electron chi connectivity index (χ3n) is 5.32. The normalized spacial score (nSPS) is 26.5. The van der Waals surface area contributed by atoms with Gasteiger partial charge in [-0.3, -0.25) is 4.79 Å². The lowest BCUT2D eigenvalue weighted by Gasteiger charge is -2.31. The van der Waals surface area contributed by atoms with E-state index in [9.17, 15) is 4.79 Å².